The van der Waals surface area contributed by atoms with Gasteiger partial charge in [0.05, 0.1) is 12.0 Å². The lowest BCUT2D eigenvalue weighted by atomic mass is 10.1. The van der Waals surface area contributed by atoms with Crippen molar-refractivity contribution in [3.05, 3.63) is 50.8 Å². The average Bonchev–Trinajstić information content (AvgIpc) is 2.47. The zero-order valence-electron chi connectivity index (χ0n) is 13.7. The van der Waals surface area contributed by atoms with Gasteiger partial charge in [0, 0.05) is 23.2 Å². The summed E-state index contributed by atoms with van der Waals surface area (Å²) in [6.07, 6.45) is 1.82. The van der Waals surface area contributed by atoms with E-state index in [0.717, 1.165) is 26.9 Å². The Bertz CT molecular complexity index is 711. The van der Waals surface area contributed by atoms with Crippen molar-refractivity contribution in [1.29, 1.82) is 0 Å². The molecule has 0 aromatic heterocycles. The fourth-order valence-corrected chi connectivity index (χ4v) is 2.58. The predicted molar refractivity (Wildman–Crippen MR) is 102 cm³/mol. The van der Waals surface area contributed by atoms with Crippen LogP contribution in [0.3, 0.4) is 0 Å². The molecule has 0 atom stereocenters. The fourth-order valence-electron chi connectivity index (χ4n) is 1.98. The van der Waals surface area contributed by atoms with Crippen LogP contribution in [0, 0.1) is 23.2 Å². The Hall–Kier alpha value is -1.63. The van der Waals surface area contributed by atoms with E-state index < -0.39 is 0 Å². The van der Waals surface area contributed by atoms with Gasteiger partial charge in [-0.2, -0.15) is 0 Å². The molecule has 0 aliphatic heterocycles. The van der Waals surface area contributed by atoms with Crippen molar-refractivity contribution in [2.45, 2.75) is 20.8 Å². The summed E-state index contributed by atoms with van der Waals surface area (Å²) in [5.41, 5.74) is 2.88. The summed E-state index contributed by atoms with van der Waals surface area (Å²) in [5, 5.41) is 0. The van der Waals surface area contributed by atoms with Crippen LogP contribution >= 0.6 is 22.6 Å². The molecule has 0 spiro atoms. The van der Waals surface area contributed by atoms with Crippen LogP contribution in [0.4, 0.5) is 10.1 Å². The molecule has 0 N–H and O–H groups in total. The Morgan fingerprint density at radius 3 is 2.57 bits per heavy atom. The van der Waals surface area contributed by atoms with Crippen molar-refractivity contribution in [3.63, 3.8) is 0 Å². The van der Waals surface area contributed by atoms with Crippen LogP contribution in [-0.2, 0) is 0 Å². The van der Waals surface area contributed by atoms with Crippen molar-refractivity contribution < 1.29 is 9.13 Å². The minimum absolute atomic E-state index is 0.301. The second-order valence-corrected chi connectivity index (χ2v) is 6.67. The molecule has 0 radical (unpaired) electrons. The second kappa shape index (κ2) is 7.77. The number of hydrogen-bond donors (Lipinski definition) is 0. The largest absolute Gasteiger partial charge is 0.457 e. The van der Waals surface area contributed by atoms with E-state index in [1.54, 1.807) is 6.07 Å². The summed E-state index contributed by atoms with van der Waals surface area (Å²) in [6, 6.07) is 8.58. The van der Waals surface area contributed by atoms with E-state index in [-0.39, 0.29) is 5.82 Å². The highest BCUT2D eigenvalue weighted by molar-refractivity contribution is 14.1. The van der Waals surface area contributed by atoms with E-state index in [1.165, 1.54) is 12.1 Å². The molecule has 0 saturated carbocycles. The van der Waals surface area contributed by atoms with Crippen molar-refractivity contribution in [3.8, 4) is 11.5 Å². The van der Waals surface area contributed by atoms with Gasteiger partial charge in [-0.1, -0.05) is 0 Å². The first kappa shape index (κ1) is 17.7. The molecule has 0 fully saturated rings. The number of aryl methyl sites for hydroxylation is 2. The van der Waals surface area contributed by atoms with Gasteiger partial charge in [-0.15, -0.1) is 0 Å². The second-order valence-electron chi connectivity index (χ2n) is 5.43. The molecule has 2 rings (SSSR count). The molecule has 2 aromatic carbocycles. The average molecular weight is 426 g/mol. The smallest absolute Gasteiger partial charge is 0.131 e. The number of ether oxygens (including phenoxy) is 1. The zero-order chi connectivity index (χ0) is 17.0. The number of halogens is 2. The highest BCUT2D eigenvalue weighted by atomic mass is 127. The van der Waals surface area contributed by atoms with Gasteiger partial charge < -0.3 is 9.64 Å². The molecule has 0 bridgehead atoms. The van der Waals surface area contributed by atoms with E-state index in [4.69, 9.17) is 4.74 Å². The van der Waals surface area contributed by atoms with E-state index >= 15 is 0 Å². The minimum atomic E-state index is -0.301. The topological polar surface area (TPSA) is 24.8 Å². The summed E-state index contributed by atoms with van der Waals surface area (Å²) in [5.74, 6) is 0.913. The predicted octanol–water partition coefficient (Wildman–Crippen LogP) is 5.45. The highest BCUT2D eigenvalue weighted by Crippen LogP contribution is 2.32. The molecule has 23 heavy (non-hydrogen) atoms. The highest BCUT2D eigenvalue weighted by Gasteiger charge is 2.08. The maximum absolute atomic E-state index is 13.5. The lowest BCUT2D eigenvalue weighted by Gasteiger charge is -2.13. The molecule has 0 heterocycles. The fraction of sp³-hybridized carbons (Fsp3) is 0.278. The van der Waals surface area contributed by atoms with Gasteiger partial charge >= 0.3 is 0 Å². The SMILES string of the molecule is CCN(C)/C=N/c1cc(C)c(Oc2cc(F)cc(I)c2)cc1C. The molecule has 122 valence electrons. The Labute approximate surface area is 150 Å². The number of aliphatic imine (C=N–C) groups is 1. The molecule has 0 aliphatic rings. The van der Waals surface area contributed by atoms with Gasteiger partial charge in [0.15, 0.2) is 0 Å². The van der Waals surface area contributed by atoms with Gasteiger partial charge in [0.1, 0.15) is 17.3 Å². The normalized spacial score (nSPS) is 11.0. The van der Waals surface area contributed by atoms with Crippen molar-refractivity contribution >= 4 is 34.6 Å². The number of rotatable bonds is 5. The Morgan fingerprint density at radius 2 is 1.91 bits per heavy atom. The molecule has 0 aliphatic carbocycles. The van der Waals surface area contributed by atoms with Gasteiger partial charge in [0.2, 0.25) is 0 Å². The Kier molecular flexibility index (Phi) is 5.98. The summed E-state index contributed by atoms with van der Waals surface area (Å²) >= 11 is 2.07. The summed E-state index contributed by atoms with van der Waals surface area (Å²) in [6.45, 7) is 6.92. The number of benzene rings is 2. The maximum Gasteiger partial charge on any atom is 0.131 e. The standard InChI is InChI=1S/C18H20FIN2O/c1-5-22(4)11-21-17-6-13(3)18(7-12(17)2)23-16-9-14(19)8-15(20)10-16/h6-11H,5H2,1-4H3/b21-11+. The molecular weight excluding hydrogens is 406 g/mol. The quantitative estimate of drug-likeness (QED) is 0.361. The third-order valence-corrected chi connectivity index (χ3v) is 4.07. The molecule has 2 aromatic rings. The van der Waals surface area contributed by atoms with E-state index in [1.807, 2.05) is 44.3 Å². The summed E-state index contributed by atoms with van der Waals surface area (Å²) < 4.78 is 20.1. The molecule has 3 nitrogen and oxygen atoms in total. The van der Waals surface area contributed by atoms with E-state index in [9.17, 15) is 4.39 Å². The molecule has 5 heteroatoms. The third kappa shape index (κ3) is 4.92. The number of nitrogens with zero attached hydrogens (tertiary/aromatic N) is 2. The summed E-state index contributed by atoms with van der Waals surface area (Å²) in [4.78, 5) is 6.51. The Morgan fingerprint density at radius 1 is 1.17 bits per heavy atom. The van der Waals surface area contributed by atoms with E-state index in [0.29, 0.717) is 11.5 Å². The lowest BCUT2D eigenvalue weighted by Crippen LogP contribution is -2.14. The van der Waals surface area contributed by atoms with Crippen LogP contribution in [0.25, 0.3) is 0 Å². The third-order valence-electron chi connectivity index (χ3n) is 3.45. The van der Waals surface area contributed by atoms with Crippen LogP contribution in [-0.4, -0.2) is 24.8 Å². The molecule has 0 unspecified atom stereocenters. The first-order valence-corrected chi connectivity index (χ1v) is 8.46. The Balaban J connectivity index is 2.27. The molecular formula is C18H20FIN2O. The van der Waals surface area contributed by atoms with Crippen LogP contribution in [0.5, 0.6) is 11.5 Å². The van der Waals surface area contributed by atoms with Crippen molar-refractivity contribution in [1.82, 2.24) is 4.90 Å². The van der Waals surface area contributed by atoms with Gasteiger partial charge in [-0.05, 0) is 78.8 Å². The van der Waals surface area contributed by atoms with Gasteiger partial charge in [-0.3, -0.25) is 0 Å². The van der Waals surface area contributed by atoms with Crippen molar-refractivity contribution in [2.75, 3.05) is 13.6 Å². The number of hydrogen-bond acceptors (Lipinski definition) is 2. The molecule has 0 saturated heterocycles. The van der Waals surface area contributed by atoms with Crippen LogP contribution in [0.1, 0.15) is 18.1 Å². The summed E-state index contributed by atoms with van der Waals surface area (Å²) in [7, 11) is 1.98. The zero-order valence-corrected chi connectivity index (χ0v) is 15.9. The van der Waals surface area contributed by atoms with Gasteiger partial charge in [-0.25, -0.2) is 9.38 Å². The first-order valence-electron chi connectivity index (χ1n) is 7.38. The molecule has 0 amide bonds. The van der Waals surface area contributed by atoms with Crippen LogP contribution in [0.15, 0.2) is 35.3 Å². The van der Waals surface area contributed by atoms with Gasteiger partial charge in [0.25, 0.3) is 0 Å². The minimum Gasteiger partial charge on any atom is -0.457 e. The van der Waals surface area contributed by atoms with E-state index in [2.05, 4.69) is 34.5 Å². The first-order chi connectivity index (χ1) is 10.9. The van der Waals surface area contributed by atoms with Crippen LogP contribution in [0.2, 0.25) is 0 Å². The maximum atomic E-state index is 13.5. The van der Waals surface area contributed by atoms with Crippen molar-refractivity contribution in [2.24, 2.45) is 4.99 Å². The van der Waals surface area contributed by atoms with Crippen LogP contribution < -0.4 is 4.74 Å². The monoisotopic (exact) mass is 426 g/mol. The lowest BCUT2D eigenvalue weighted by molar-refractivity contribution is 0.472.